The Morgan fingerprint density at radius 1 is 1.10 bits per heavy atom. The van der Waals surface area contributed by atoms with E-state index in [0.29, 0.717) is 16.2 Å². The minimum Gasteiger partial charge on any atom is -0.386 e. The summed E-state index contributed by atoms with van der Waals surface area (Å²) in [6, 6.07) is 11.8. The second-order valence-corrected chi connectivity index (χ2v) is 5.11. The van der Waals surface area contributed by atoms with Crippen molar-refractivity contribution in [2.45, 2.75) is 12.5 Å². The third kappa shape index (κ3) is 2.86. The van der Waals surface area contributed by atoms with E-state index in [1.165, 1.54) is 18.3 Å². The van der Waals surface area contributed by atoms with Crippen LogP contribution in [0, 0.1) is 5.82 Å². The Morgan fingerprint density at radius 2 is 1.86 bits per heavy atom. The quantitative estimate of drug-likeness (QED) is 0.802. The Balaban J connectivity index is 1.91. The summed E-state index contributed by atoms with van der Waals surface area (Å²) in [7, 11) is 0. The molecule has 0 bridgehead atoms. The Morgan fingerprint density at radius 3 is 2.62 bits per heavy atom. The molecular formula is C16H12ClFN2O. The van der Waals surface area contributed by atoms with E-state index in [4.69, 9.17) is 11.6 Å². The normalized spacial score (nSPS) is 12.5. The first kappa shape index (κ1) is 13.9. The molecule has 1 heterocycles. The van der Waals surface area contributed by atoms with Gasteiger partial charge in [-0.3, -0.25) is 4.98 Å². The van der Waals surface area contributed by atoms with Crippen LogP contribution in [-0.2, 0) is 6.42 Å². The van der Waals surface area contributed by atoms with Crippen LogP contribution in [0.1, 0.15) is 17.4 Å². The zero-order valence-electron chi connectivity index (χ0n) is 11.0. The number of aliphatic hydroxyl groups excluding tert-OH is 1. The second kappa shape index (κ2) is 5.76. The predicted molar refractivity (Wildman–Crippen MR) is 79.6 cm³/mol. The number of aliphatic hydroxyl groups is 1. The molecule has 1 unspecified atom stereocenters. The van der Waals surface area contributed by atoms with Crippen LogP contribution in [0.2, 0.25) is 5.02 Å². The van der Waals surface area contributed by atoms with Crippen LogP contribution in [0.5, 0.6) is 0 Å². The fourth-order valence-electron chi connectivity index (χ4n) is 2.16. The molecule has 0 aliphatic carbocycles. The molecule has 3 aromatic rings. The molecule has 3 rings (SSSR count). The van der Waals surface area contributed by atoms with Gasteiger partial charge in [-0.1, -0.05) is 29.8 Å². The average molecular weight is 303 g/mol. The van der Waals surface area contributed by atoms with Crippen molar-refractivity contribution in [3.63, 3.8) is 0 Å². The summed E-state index contributed by atoms with van der Waals surface area (Å²) >= 11 is 5.97. The summed E-state index contributed by atoms with van der Waals surface area (Å²) in [5.41, 5.74) is 2.11. The van der Waals surface area contributed by atoms with Crippen molar-refractivity contribution in [1.29, 1.82) is 0 Å². The van der Waals surface area contributed by atoms with Gasteiger partial charge in [0.25, 0.3) is 0 Å². The molecule has 0 amide bonds. The summed E-state index contributed by atoms with van der Waals surface area (Å²) in [6.07, 6.45) is 0.594. The fraction of sp³-hybridized carbons (Fsp3) is 0.125. The number of nitrogens with zero attached hydrogens (tertiary/aromatic N) is 2. The molecule has 21 heavy (non-hydrogen) atoms. The van der Waals surface area contributed by atoms with Gasteiger partial charge in [0.15, 0.2) is 0 Å². The van der Waals surface area contributed by atoms with Crippen molar-refractivity contribution in [2.24, 2.45) is 0 Å². The van der Waals surface area contributed by atoms with Crippen molar-refractivity contribution >= 4 is 22.6 Å². The SMILES string of the molecule is OC(Cc1c(F)cccc1Cl)c1cnc2ccccc2n1. The van der Waals surface area contributed by atoms with E-state index >= 15 is 0 Å². The minimum atomic E-state index is -0.962. The highest BCUT2D eigenvalue weighted by Crippen LogP contribution is 2.25. The summed E-state index contributed by atoms with van der Waals surface area (Å²) < 4.78 is 13.7. The van der Waals surface area contributed by atoms with Gasteiger partial charge in [0, 0.05) is 17.0 Å². The molecule has 3 nitrogen and oxygen atoms in total. The van der Waals surface area contributed by atoms with Crippen LogP contribution < -0.4 is 0 Å². The standard InChI is InChI=1S/C16H12ClFN2O/c17-11-4-3-5-12(18)10(11)8-16(21)15-9-19-13-6-1-2-7-14(13)20-15/h1-7,9,16,21H,8H2. The van der Waals surface area contributed by atoms with Gasteiger partial charge in [-0.15, -0.1) is 0 Å². The maximum atomic E-state index is 13.7. The van der Waals surface area contributed by atoms with E-state index in [0.717, 1.165) is 5.52 Å². The summed E-state index contributed by atoms with van der Waals surface area (Å²) in [4.78, 5) is 8.59. The first-order valence-corrected chi connectivity index (χ1v) is 6.85. The highest BCUT2D eigenvalue weighted by atomic mass is 35.5. The lowest BCUT2D eigenvalue weighted by molar-refractivity contribution is 0.172. The Kier molecular flexibility index (Phi) is 3.82. The Labute approximate surface area is 126 Å². The largest absolute Gasteiger partial charge is 0.386 e. The van der Waals surface area contributed by atoms with Crippen molar-refractivity contribution in [3.05, 3.63) is 70.8 Å². The molecule has 1 atom stereocenters. The van der Waals surface area contributed by atoms with Gasteiger partial charge in [0.1, 0.15) is 11.9 Å². The molecule has 106 valence electrons. The summed E-state index contributed by atoms with van der Waals surface area (Å²) in [5, 5.41) is 10.5. The number of para-hydroxylation sites is 2. The minimum absolute atomic E-state index is 0.0541. The highest BCUT2D eigenvalue weighted by molar-refractivity contribution is 6.31. The summed E-state index contributed by atoms with van der Waals surface area (Å²) in [5.74, 6) is -0.435. The van der Waals surface area contributed by atoms with Crippen LogP contribution in [-0.4, -0.2) is 15.1 Å². The van der Waals surface area contributed by atoms with Gasteiger partial charge in [-0.05, 0) is 24.3 Å². The highest BCUT2D eigenvalue weighted by Gasteiger charge is 2.16. The molecule has 0 aliphatic heterocycles. The maximum absolute atomic E-state index is 13.7. The molecule has 0 saturated carbocycles. The number of aromatic nitrogens is 2. The van der Waals surface area contributed by atoms with Crippen molar-refractivity contribution in [2.75, 3.05) is 0 Å². The summed E-state index contributed by atoms with van der Waals surface area (Å²) in [6.45, 7) is 0. The molecule has 0 saturated heterocycles. The predicted octanol–water partition coefficient (Wildman–Crippen LogP) is 3.70. The van der Waals surface area contributed by atoms with Crippen LogP contribution in [0.25, 0.3) is 11.0 Å². The van der Waals surface area contributed by atoms with Crippen LogP contribution in [0.15, 0.2) is 48.7 Å². The second-order valence-electron chi connectivity index (χ2n) is 4.70. The Hall–Kier alpha value is -2.04. The van der Waals surface area contributed by atoms with E-state index in [9.17, 15) is 9.50 Å². The van der Waals surface area contributed by atoms with Crippen LogP contribution in [0.4, 0.5) is 4.39 Å². The molecule has 2 aromatic carbocycles. The molecule has 5 heteroatoms. The number of benzene rings is 2. The van der Waals surface area contributed by atoms with Gasteiger partial charge < -0.3 is 5.11 Å². The van der Waals surface area contributed by atoms with E-state index in [1.807, 2.05) is 24.3 Å². The number of hydrogen-bond acceptors (Lipinski definition) is 3. The van der Waals surface area contributed by atoms with Gasteiger partial charge in [0.05, 0.1) is 22.9 Å². The first-order valence-electron chi connectivity index (χ1n) is 6.48. The number of halogens is 2. The number of fused-ring (bicyclic) bond motifs is 1. The van der Waals surface area contributed by atoms with Gasteiger partial charge in [0.2, 0.25) is 0 Å². The molecule has 0 fully saturated rings. The number of rotatable bonds is 3. The first-order chi connectivity index (χ1) is 10.1. The third-order valence-corrected chi connectivity index (χ3v) is 3.62. The van der Waals surface area contributed by atoms with Crippen molar-refractivity contribution in [3.8, 4) is 0 Å². The smallest absolute Gasteiger partial charge is 0.127 e. The van der Waals surface area contributed by atoms with E-state index < -0.39 is 11.9 Å². The topological polar surface area (TPSA) is 46.0 Å². The van der Waals surface area contributed by atoms with E-state index in [2.05, 4.69) is 9.97 Å². The zero-order chi connectivity index (χ0) is 14.8. The molecule has 0 spiro atoms. The Bertz CT molecular complexity index is 774. The molecule has 0 aliphatic rings. The molecule has 1 N–H and O–H groups in total. The van der Waals surface area contributed by atoms with E-state index in [-0.39, 0.29) is 12.0 Å². The molecular weight excluding hydrogens is 291 g/mol. The van der Waals surface area contributed by atoms with Crippen LogP contribution in [0.3, 0.4) is 0 Å². The van der Waals surface area contributed by atoms with Gasteiger partial charge in [-0.25, -0.2) is 9.37 Å². The van der Waals surface area contributed by atoms with Crippen LogP contribution >= 0.6 is 11.6 Å². The number of hydrogen-bond donors (Lipinski definition) is 1. The van der Waals surface area contributed by atoms with E-state index in [1.54, 1.807) is 6.07 Å². The van der Waals surface area contributed by atoms with Gasteiger partial charge in [-0.2, -0.15) is 0 Å². The average Bonchev–Trinajstić information content (AvgIpc) is 2.50. The lowest BCUT2D eigenvalue weighted by Crippen LogP contribution is -2.07. The maximum Gasteiger partial charge on any atom is 0.127 e. The lowest BCUT2D eigenvalue weighted by atomic mass is 10.1. The zero-order valence-corrected chi connectivity index (χ0v) is 11.8. The molecule has 1 aromatic heterocycles. The third-order valence-electron chi connectivity index (χ3n) is 3.27. The molecule has 0 radical (unpaired) electrons. The lowest BCUT2D eigenvalue weighted by Gasteiger charge is -2.12. The van der Waals surface area contributed by atoms with Crippen molar-refractivity contribution < 1.29 is 9.50 Å². The fourth-order valence-corrected chi connectivity index (χ4v) is 2.40. The van der Waals surface area contributed by atoms with Gasteiger partial charge >= 0.3 is 0 Å². The monoisotopic (exact) mass is 302 g/mol. The van der Waals surface area contributed by atoms with Crippen molar-refractivity contribution in [1.82, 2.24) is 9.97 Å².